The third-order valence-corrected chi connectivity index (χ3v) is 79.8. The molecule has 0 N–H and O–H groups in total. The van der Waals surface area contributed by atoms with Crippen molar-refractivity contribution >= 4 is 53.1 Å². The van der Waals surface area contributed by atoms with E-state index in [1.165, 1.54) is 0 Å². The Kier molecular flexibility index (Phi) is 7.59. The summed E-state index contributed by atoms with van der Waals surface area (Å²) < 4.78 is 17.8. The van der Waals surface area contributed by atoms with Crippen LogP contribution in [0.1, 0.15) is 104 Å². The van der Waals surface area contributed by atoms with Crippen LogP contribution in [0.25, 0.3) is 0 Å². The third kappa shape index (κ3) is 5.56. The first kappa shape index (κ1) is 27.6. The van der Waals surface area contributed by atoms with Gasteiger partial charge in [0.2, 0.25) is 0 Å². The molecule has 4 nitrogen and oxygen atoms in total. The van der Waals surface area contributed by atoms with Crippen LogP contribution in [0, 0.1) is 0 Å². The molecule has 172 valence electrons. The standard InChI is InChI=1S/C20H45N4P3Te2/c1-16(2,3)21-26-23(18(7,8)9)27(22-17(4,5)6,24(26)19(10,11)12)29-25(28-26)20(13,14)15/h1-15H3. The van der Waals surface area contributed by atoms with Crippen molar-refractivity contribution in [3.8, 4) is 0 Å². The van der Waals surface area contributed by atoms with Gasteiger partial charge in [0.15, 0.2) is 0 Å². The van der Waals surface area contributed by atoms with E-state index in [-0.39, 0.29) is 65.1 Å². The molecule has 0 aromatic carbocycles. The van der Waals surface area contributed by atoms with Gasteiger partial charge in [-0.3, -0.25) is 0 Å². The van der Waals surface area contributed by atoms with E-state index in [4.69, 9.17) is 9.49 Å². The summed E-state index contributed by atoms with van der Waals surface area (Å²) in [4.78, 5) is 0. The van der Waals surface area contributed by atoms with Crippen LogP contribution in [-0.4, -0.2) is 75.9 Å². The van der Waals surface area contributed by atoms with E-state index in [1.807, 2.05) is 0 Å². The number of fused-ring (bicyclic) bond motifs is 2. The van der Waals surface area contributed by atoms with Gasteiger partial charge in [0.25, 0.3) is 0 Å². The van der Waals surface area contributed by atoms with Crippen LogP contribution in [0.3, 0.4) is 0 Å². The Morgan fingerprint density at radius 3 is 1.00 bits per heavy atom. The summed E-state index contributed by atoms with van der Waals surface area (Å²) in [6.45, 7) is 36.1. The Labute approximate surface area is 201 Å². The molecular formula is C20H45N4P3Te2. The molecule has 3 rings (SSSR count). The van der Waals surface area contributed by atoms with Gasteiger partial charge in [-0.15, -0.1) is 0 Å². The van der Waals surface area contributed by atoms with Crippen molar-refractivity contribution in [3.05, 3.63) is 0 Å². The molecule has 3 saturated heterocycles. The van der Waals surface area contributed by atoms with Crippen LogP contribution in [0.2, 0.25) is 0 Å². The zero-order chi connectivity index (χ0) is 23.1. The normalized spacial score (nSPS) is 32.7. The minimum absolute atomic E-state index is 0.000137. The molecule has 2 bridgehead atoms. The molecular weight excluding hydrogens is 644 g/mol. The summed E-state index contributed by atoms with van der Waals surface area (Å²) in [6, 6.07) is 0. The summed E-state index contributed by atoms with van der Waals surface area (Å²) in [5.41, 5.74) is 0.281. The summed E-state index contributed by atoms with van der Waals surface area (Å²) in [5, 5.41) is -2.88. The van der Waals surface area contributed by atoms with E-state index < -0.39 is 10.1 Å². The molecule has 0 amide bonds. The second-order valence-electron chi connectivity index (χ2n) is 13.1. The molecule has 9 heteroatoms. The molecule has 0 radical (unpaired) electrons. The summed E-state index contributed by atoms with van der Waals surface area (Å²) in [5.74, 6) is 0. The third-order valence-electron chi connectivity index (χ3n) is 3.96. The van der Waals surface area contributed by atoms with Gasteiger partial charge in [-0.2, -0.15) is 0 Å². The van der Waals surface area contributed by atoms with Crippen LogP contribution >= 0.6 is 13.4 Å². The minimum atomic E-state index is -1.67. The SMILES string of the molecule is CC(C)(C)N=P12[Te]P(C(C)(C)C)[Te]P(=NC(C)(C)C)(N1C(C)(C)C)N2C(C)(C)C. The maximum absolute atomic E-state index is 5.83. The molecule has 3 heterocycles. The first-order chi connectivity index (χ1) is 12.5. The van der Waals surface area contributed by atoms with Gasteiger partial charge in [-0.25, -0.2) is 0 Å². The fourth-order valence-electron chi connectivity index (χ4n) is 3.58. The van der Waals surface area contributed by atoms with Crippen LogP contribution in [0.5, 0.6) is 0 Å². The van der Waals surface area contributed by atoms with Crippen molar-refractivity contribution < 1.29 is 0 Å². The first-order valence-corrected chi connectivity index (χ1v) is 27.4. The summed E-state index contributed by atoms with van der Waals surface area (Å²) in [6.07, 6.45) is 0. The Morgan fingerprint density at radius 1 is 0.552 bits per heavy atom. The van der Waals surface area contributed by atoms with Gasteiger partial charge >= 0.3 is 203 Å². The zero-order valence-electron chi connectivity index (χ0n) is 21.4. The molecule has 0 aromatic rings. The Morgan fingerprint density at radius 2 is 0.828 bits per heavy atom. The van der Waals surface area contributed by atoms with Gasteiger partial charge in [0.05, 0.1) is 0 Å². The molecule has 3 aliphatic rings. The molecule has 0 aromatic heterocycles. The Balaban J connectivity index is 2.99. The number of rotatable bonds is 0. The summed E-state index contributed by atoms with van der Waals surface area (Å²) >= 11 is -0.460. The second-order valence-corrected chi connectivity index (χ2v) is 50.7. The van der Waals surface area contributed by atoms with Gasteiger partial charge in [0.1, 0.15) is 0 Å². The zero-order valence-corrected chi connectivity index (χ0v) is 28.8. The molecule has 0 atom stereocenters. The van der Waals surface area contributed by atoms with E-state index in [0.29, 0.717) is 5.16 Å². The predicted octanol–water partition coefficient (Wildman–Crippen LogP) is 8.22. The average Bonchev–Trinajstić information content (AvgIpc) is 2.26. The van der Waals surface area contributed by atoms with E-state index in [1.54, 1.807) is 0 Å². The first-order valence-electron chi connectivity index (χ1n) is 10.5. The molecule has 0 aliphatic carbocycles. The van der Waals surface area contributed by atoms with Crippen molar-refractivity contribution in [1.29, 1.82) is 0 Å². The van der Waals surface area contributed by atoms with Crippen molar-refractivity contribution in [2.75, 3.05) is 0 Å². The van der Waals surface area contributed by atoms with Gasteiger partial charge < -0.3 is 0 Å². The predicted molar refractivity (Wildman–Crippen MR) is 140 cm³/mol. The van der Waals surface area contributed by atoms with Crippen molar-refractivity contribution in [1.82, 2.24) is 8.88 Å². The fourth-order valence-corrected chi connectivity index (χ4v) is 137. The average molecular weight is 690 g/mol. The topological polar surface area (TPSA) is 31.2 Å². The van der Waals surface area contributed by atoms with E-state index in [2.05, 4.69) is 113 Å². The van der Waals surface area contributed by atoms with Crippen LogP contribution < -0.4 is 0 Å². The van der Waals surface area contributed by atoms with Gasteiger partial charge in [-0.1, -0.05) is 0 Å². The maximum atomic E-state index is 5.83. The van der Waals surface area contributed by atoms with Gasteiger partial charge in [-0.05, 0) is 0 Å². The number of nitrogens with zero attached hydrogens (tertiary/aromatic N) is 4. The van der Waals surface area contributed by atoms with Crippen LogP contribution in [-0.2, 0) is 0 Å². The van der Waals surface area contributed by atoms with Crippen LogP contribution in [0.4, 0.5) is 0 Å². The van der Waals surface area contributed by atoms with Crippen molar-refractivity contribution in [2.24, 2.45) is 9.49 Å². The quantitative estimate of drug-likeness (QED) is 0.190. The van der Waals surface area contributed by atoms with Crippen molar-refractivity contribution in [2.45, 2.75) is 131 Å². The summed E-state index contributed by atoms with van der Waals surface area (Å²) in [7, 11) is 0. The second kappa shape index (κ2) is 7.97. The fraction of sp³-hybridized carbons (Fsp3) is 1.00. The molecule has 3 aliphatic heterocycles. The molecule has 3 fully saturated rings. The number of hydrogen-bond donors (Lipinski definition) is 0. The molecule has 0 unspecified atom stereocenters. The van der Waals surface area contributed by atoms with Crippen LogP contribution in [0.15, 0.2) is 9.49 Å². The van der Waals surface area contributed by atoms with Gasteiger partial charge in [0, 0.05) is 0 Å². The number of hydrogen-bond acceptors (Lipinski definition) is 2. The van der Waals surface area contributed by atoms with E-state index in [0.717, 1.165) is 0 Å². The van der Waals surface area contributed by atoms with Crippen molar-refractivity contribution in [3.63, 3.8) is 0 Å². The Hall–Kier alpha value is 2.39. The Bertz CT molecular complexity index is 685. The molecule has 0 saturated carbocycles. The van der Waals surface area contributed by atoms with E-state index in [9.17, 15) is 0 Å². The molecule has 0 spiro atoms. The monoisotopic (exact) mass is 694 g/mol. The molecule has 29 heavy (non-hydrogen) atoms. The van der Waals surface area contributed by atoms with E-state index >= 15 is 0 Å².